The lowest BCUT2D eigenvalue weighted by atomic mass is 9.33. The van der Waals surface area contributed by atoms with E-state index in [1.165, 1.54) is 0 Å². The van der Waals surface area contributed by atoms with Crippen LogP contribution < -0.4 is 0 Å². The monoisotopic (exact) mass is 390 g/mol. The zero-order chi connectivity index (χ0) is 20.7. The molecule has 156 valence electrons. The highest BCUT2D eigenvalue weighted by atomic mass is 16.6. The van der Waals surface area contributed by atoms with Gasteiger partial charge in [-0.1, -0.05) is 33.8 Å². The van der Waals surface area contributed by atoms with E-state index in [1.807, 2.05) is 13.0 Å². The molecule has 0 aliphatic heterocycles. The molecule has 5 heteroatoms. The lowest BCUT2D eigenvalue weighted by Crippen LogP contribution is -2.74. The smallest absolute Gasteiger partial charge is 0.332 e. The Kier molecular flexibility index (Phi) is 4.24. The molecule has 5 saturated carbocycles. The van der Waals surface area contributed by atoms with Crippen LogP contribution in [0.2, 0.25) is 0 Å². The van der Waals surface area contributed by atoms with Crippen molar-refractivity contribution in [1.82, 2.24) is 0 Å². The van der Waals surface area contributed by atoms with Gasteiger partial charge in [0.2, 0.25) is 0 Å². The Morgan fingerprint density at radius 3 is 2.61 bits per heavy atom. The molecular formula is C23H34O5. The highest BCUT2D eigenvalue weighted by Gasteiger charge is 2.79. The Balaban J connectivity index is 1.93. The topological polar surface area (TPSA) is 83.8 Å². The van der Waals surface area contributed by atoms with Crippen LogP contribution in [0.1, 0.15) is 59.8 Å². The fraction of sp³-hybridized carbons (Fsp3) is 0.826. The number of aliphatic hydroxyl groups excluding tert-OH is 2. The zero-order valence-corrected chi connectivity index (χ0v) is 17.5. The summed E-state index contributed by atoms with van der Waals surface area (Å²) < 4.78 is 5.86. The molecule has 9 atom stereocenters. The van der Waals surface area contributed by atoms with Crippen LogP contribution in [0.5, 0.6) is 0 Å². The van der Waals surface area contributed by atoms with Crippen molar-refractivity contribution >= 4 is 11.8 Å². The number of aliphatic hydroxyl groups is 2. The molecule has 5 nitrogen and oxygen atoms in total. The molecule has 0 amide bonds. The number of ketones is 1. The first-order valence-electron chi connectivity index (χ1n) is 10.7. The van der Waals surface area contributed by atoms with Crippen LogP contribution in [0.3, 0.4) is 0 Å². The Bertz CT molecular complexity index is 733. The van der Waals surface area contributed by atoms with Gasteiger partial charge in [-0.15, -0.1) is 6.58 Å². The summed E-state index contributed by atoms with van der Waals surface area (Å²) in [5.74, 6) is -0.387. The predicted octanol–water partition coefficient (Wildman–Crippen LogP) is 2.89. The number of esters is 1. The lowest BCUT2D eigenvalue weighted by molar-refractivity contribution is -0.294. The Morgan fingerprint density at radius 1 is 1.32 bits per heavy atom. The van der Waals surface area contributed by atoms with Gasteiger partial charge in [-0.05, 0) is 42.9 Å². The van der Waals surface area contributed by atoms with Gasteiger partial charge in [-0.3, -0.25) is 4.79 Å². The van der Waals surface area contributed by atoms with Crippen LogP contribution in [0.25, 0.3) is 0 Å². The maximum absolute atomic E-state index is 13.2. The summed E-state index contributed by atoms with van der Waals surface area (Å²) in [5, 5.41) is 20.8. The number of carbonyl (C=O) groups excluding carboxylic acids is 2. The van der Waals surface area contributed by atoms with E-state index in [4.69, 9.17) is 4.74 Å². The Hall–Kier alpha value is -1.20. The first-order chi connectivity index (χ1) is 13.0. The molecule has 0 aromatic heterocycles. The fourth-order valence-electron chi connectivity index (χ4n) is 8.67. The third kappa shape index (κ3) is 2.10. The molecule has 28 heavy (non-hydrogen) atoms. The van der Waals surface area contributed by atoms with Crippen LogP contribution in [0.15, 0.2) is 12.7 Å². The van der Waals surface area contributed by atoms with E-state index in [-0.39, 0.29) is 34.4 Å². The molecule has 0 aromatic rings. The minimum atomic E-state index is -0.658. The van der Waals surface area contributed by atoms with Gasteiger partial charge in [0.1, 0.15) is 18.5 Å². The molecule has 1 spiro atoms. The summed E-state index contributed by atoms with van der Waals surface area (Å²) in [6.45, 7) is 11.8. The van der Waals surface area contributed by atoms with E-state index in [0.29, 0.717) is 12.8 Å². The lowest BCUT2D eigenvalue weighted by Gasteiger charge is -2.72. The summed E-state index contributed by atoms with van der Waals surface area (Å²) >= 11 is 0. The zero-order valence-electron chi connectivity index (χ0n) is 17.5. The van der Waals surface area contributed by atoms with Gasteiger partial charge in [0.25, 0.3) is 0 Å². The Morgan fingerprint density at radius 2 is 2.00 bits per heavy atom. The summed E-state index contributed by atoms with van der Waals surface area (Å²) in [6.07, 6.45) is 4.70. The number of hydrogen-bond acceptors (Lipinski definition) is 5. The van der Waals surface area contributed by atoms with Crippen molar-refractivity contribution in [2.24, 2.45) is 39.4 Å². The molecule has 0 heterocycles. The van der Waals surface area contributed by atoms with Crippen molar-refractivity contribution in [2.45, 2.75) is 72.0 Å². The van der Waals surface area contributed by atoms with Gasteiger partial charge in [0, 0.05) is 28.6 Å². The average Bonchev–Trinajstić information content (AvgIpc) is 3.03. The van der Waals surface area contributed by atoms with Crippen LogP contribution in [0.4, 0.5) is 0 Å². The van der Waals surface area contributed by atoms with Gasteiger partial charge >= 0.3 is 5.97 Å². The molecule has 0 saturated heterocycles. The van der Waals surface area contributed by atoms with E-state index in [1.54, 1.807) is 0 Å². The van der Waals surface area contributed by atoms with Crippen LogP contribution in [-0.2, 0) is 14.3 Å². The normalized spacial score (nSPS) is 54.8. The van der Waals surface area contributed by atoms with Crippen molar-refractivity contribution < 1.29 is 24.5 Å². The van der Waals surface area contributed by atoms with E-state index >= 15 is 0 Å². The second-order valence-electron chi connectivity index (χ2n) is 10.7. The molecule has 7 unspecified atom stereocenters. The molecule has 0 radical (unpaired) electrons. The molecule has 2 N–H and O–H groups in total. The maximum atomic E-state index is 13.2. The number of ether oxygens (including phenoxy) is 1. The molecule has 5 rings (SSSR count). The first kappa shape index (κ1) is 20.1. The Labute approximate surface area is 167 Å². The van der Waals surface area contributed by atoms with Gasteiger partial charge in [0.15, 0.2) is 0 Å². The van der Waals surface area contributed by atoms with Crippen LogP contribution in [0, 0.1) is 39.4 Å². The second-order valence-corrected chi connectivity index (χ2v) is 10.7. The van der Waals surface area contributed by atoms with Crippen molar-refractivity contribution in [2.75, 3.05) is 6.61 Å². The third-order valence-corrected chi connectivity index (χ3v) is 9.63. The molecule has 5 aliphatic rings. The summed E-state index contributed by atoms with van der Waals surface area (Å²) in [7, 11) is 0. The summed E-state index contributed by atoms with van der Waals surface area (Å²) in [5.41, 5.74) is -1.59. The number of Topliss-reactive ketones (excluding diaryl/α,β-unsaturated/α-hetero) is 1. The third-order valence-electron chi connectivity index (χ3n) is 9.63. The minimum absolute atomic E-state index is 0.0399. The number of rotatable bonds is 3. The van der Waals surface area contributed by atoms with E-state index in [9.17, 15) is 19.8 Å². The summed E-state index contributed by atoms with van der Waals surface area (Å²) in [4.78, 5) is 25.3. The van der Waals surface area contributed by atoms with Crippen molar-refractivity contribution in [3.8, 4) is 0 Å². The van der Waals surface area contributed by atoms with E-state index in [2.05, 4.69) is 27.4 Å². The van der Waals surface area contributed by atoms with Gasteiger partial charge < -0.3 is 14.9 Å². The van der Waals surface area contributed by atoms with Crippen molar-refractivity contribution in [3.05, 3.63) is 12.7 Å². The minimum Gasteiger partial charge on any atom is -0.459 e. The first-order valence-corrected chi connectivity index (χ1v) is 10.7. The largest absolute Gasteiger partial charge is 0.459 e. The van der Waals surface area contributed by atoms with Crippen LogP contribution >= 0.6 is 0 Å². The van der Waals surface area contributed by atoms with Crippen molar-refractivity contribution in [3.63, 3.8) is 0 Å². The number of carbonyl (C=O) groups is 2. The SMILES string of the molecule is C=C[C@]1(C)CC2(C)C3CCC4(CCC(=O)C4C3(C)[C@@H]2OC(=O)CO)C(C)C1O. The highest BCUT2D eigenvalue weighted by Crippen LogP contribution is 2.78. The molecule has 5 aliphatic carbocycles. The molecule has 4 bridgehead atoms. The van der Waals surface area contributed by atoms with Crippen LogP contribution in [-0.4, -0.2) is 40.8 Å². The molecule has 5 fully saturated rings. The standard InChI is InChI=1S/C23H34O5/c1-6-20(3)12-21(4)15-8-10-23(13(2)18(20)27)9-7-14(25)17(23)22(15,5)19(21)28-16(26)11-24/h6,13,15,17-19,24,27H,1,7-12H2,2-5H3/t13?,15?,17?,18?,19-,20-,21?,22?,23?/m1/s1. The van der Waals surface area contributed by atoms with E-state index < -0.39 is 35.6 Å². The van der Waals surface area contributed by atoms with Gasteiger partial charge in [-0.25, -0.2) is 4.79 Å². The molecule has 0 aromatic carbocycles. The highest BCUT2D eigenvalue weighted by molar-refractivity contribution is 5.86. The second kappa shape index (κ2) is 5.91. The van der Waals surface area contributed by atoms with Crippen molar-refractivity contribution in [1.29, 1.82) is 0 Å². The van der Waals surface area contributed by atoms with Gasteiger partial charge in [-0.2, -0.15) is 0 Å². The predicted molar refractivity (Wildman–Crippen MR) is 104 cm³/mol. The maximum Gasteiger partial charge on any atom is 0.332 e. The quantitative estimate of drug-likeness (QED) is 0.572. The fourth-order valence-corrected chi connectivity index (χ4v) is 8.67. The van der Waals surface area contributed by atoms with E-state index in [0.717, 1.165) is 19.3 Å². The average molecular weight is 391 g/mol. The number of fused-ring (bicyclic) bond motifs is 4. The number of hydrogen-bond donors (Lipinski definition) is 2. The summed E-state index contributed by atoms with van der Waals surface area (Å²) in [6, 6.07) is 0. The van der Waals surface area contributed by atoms with Gasteiger partial charge in [0.05, 0.1) is 6.10 Å². The molecular weight excluding hydrogens is 356 g/mol.